The summed E-state index contributed by atoms with van der Waals surface area (Å²) in [6.45, 7) is 0. The van der Waals surface area contributed by atoms with E-state index >= 15 is 0 Å². The average molecular weight is 204 g/mol. The summed E-state index contributed by atoms with van der Waals surface area (Å²) in [7, 11) is 3.73. The Morgan fingerprint density at radius 2 is 2.20 bits per heavy atom. The van der Waals surface area contributed by atoms with E-state index in [1.165, 1.54) is 6.07 Å². The summed E-state index contributed by atoms with van der Waals surface area (Å²) in [4.78, 5) is 1.87. The molecule has 15 heavy (non-hydrogen) atoms. The third-order valence-corrected chi connectivity index (χ3v) is 3.25. The van der Waals surface area contributed by atoms with Crippen LogP contribution in [0.5, 0.6) is 0 Å². The molecule has 1 aromatic carbocycles. The number of benzene rings is 1. The van der Waals surface area contributed by atoms with Gasteiger partial charge in [0.05, 0.1) is 6.07 Å². The normalized spacial score (nSPS) is 23.9. The van der Waals surface area contributed by atoms with Crippen molar-refractivity contribution in [3.8, 4) is 6.07 Å². The van der Waals surface area contributed by atoms with Crippen LogP contribution in [0.2, 0.25) is 0 Å². The van der Waals surface area contributed by atoms with E-state index < -0.39 is 5.54 Å². The Labute approximate surface area is 88.9 Å². The van der Waals surface area contributed by atoms with Crippen molar-refractivity contribution in [2.24, 2.45) is 0 Å². The minimum Gasteiger partial charge on any atom is -0.288 e. The zero-order chi connectivity index (χ0) is 11.1. The van der Waals surface area contributed by atoms with Gasteiger partial charge in [0.2, 0.25) is 0 Å². The first-order chi connectivity index (χ1) is 7.12. The van der Waals surface area contributed by atoms with E-state index in [9.17, 15) is 9.65 Å². The SMILES string of the molecule is CN(C)C1(C#N)CCc2c(F)cccc21. The van der Waals surface area contributed by atoms with Crippen molar-refractivity contribution in [1.29, 1.82) is 5.26 Å². The van der Waals surface area contributed by atoms with Gasteiger partial charge in [-0.2, -0.15) is 5.26 Å². The molecule has 3 heteroatoms. The van der Waals surface area contributed by atoms with Gasteiger partial charge >= 0.3 is 0 Å². The van der Waals surface area contributed by atoms with Crippen LogP contribution in [0.3, 0.4) is 0 Å². The molecule has 1 unspecified atom stereocenters. The van der Waals surface area contributed by atoms with E-state index in [0.29, 0.717) is 18.4 Å². The van der Waals surface area contributed by atoms with Gasteiger partial charge in [-0.25, -0.2) is 4.39 Å². The molecule has 78 valence electrons. The van der Waals surface area contributed by atoms with Crippen molar-refractivity contribution in [2.45, 2.75) is 18.4 Å². The Kier molecular flexibility index (Phi) is 2.24. The maximum Gasteiger partial charge on any atom is 0.134 e. The predicted molar refractivity (Wildman–Crippen MR) is 55.7 cm³/mol. The number of rotatable bonds is 1. The maximum atomic E-state index is 13.5. The Hall–Kier alpha value is -1.40. The second kappa shape index (κ2) is 3.32. The van der Waals surface area contributed by atoms with E-state index in [-0.39, 0.29) is 5.82 Å². The van der Waals surface area contributed by atoms with Crippen molar-refractivity contribution in [1.82, 2.24) is 4.90 Å². The molecule has 0 N–H and O–H groups in total. The molecular formula is C12H13FN2. The Bertz CT molecular complexity index is 434. The average Bonchev–Trinajstić information content (AvgIpc) is 2.59. The van der Waals surface area contributed by atoms with Crippen LogP contribution in [0.25, 0.3) is 0 Å². The van der Waals surface area contributed by atoms with Crippen LogP contribution < -0.4 is 0 Å². The minimum atomic E-state index is -0.641. The Morgan fingerprint density at radius 1 is 1.47 bits per heavy atom. The van der Waals surface area contributed by atoms with Gasteiger partial charge in [-0.3, -0.25) is 4.90 Å². The van der Waals surface area contributed by atoms with Gasteiger partial charge in [0, 0.05) is 0 Å². The van der Waals surface area contributed by atoms with E-state index in [1.807, 2.05) is 25.1 Å². The molecule has 0 aromatic heterocycles. The first-order valence-electron chi connectivity index (χ1n) is 4.98. The molecule has 2 nitrogen and oxygen atoms in total. The Balaban J connectivity index is 2.62. The lowest BCUT2D eigenvalue weighted by atomic mass is 9.92. The number of nitriles is 1. The molecule has 1 aliphatic rings. The van der Waals surface area contributed by atoms with Crippen molar-refractivity contribution < 1.29 is 4.39 Å². The van der Waals surface area contributed by atoms with Gasteiger partial charge in [0.25, 0.3) is 0 Å². The predicted octanol–water partition coefficient (Wildman–Crippen LogP) is 2.05. The number of hydrogen-bond acceptors (Lipinski definition) is 2. The van der Waals surface area contributed by atoms with Crippen LogP contribution in [0.15, 0.2) is 18.2 Å². The molecule has 0 fully saturated rings. The smallest absolute Gasteiger partial charge is 0.134 e. The van der Waals surface area contributed by atoms with Crippen LogP contribution in [0.4, 0.5) is 4.39 Å². The van der Waals surface area contributed by atoms with Crippen LogP contribution in [0.1, 0.15) is 17.5 Å². The second-order valence-electron chi connectivity index (χ2n) is 4.13. The molecule has 0 saturated carbocycles. The lowest BCUT2D eigenvalue weighted by Crippen LogP contribution is -2.37. The first kappa shape index (κ1) is 10.1. The summed E-state index contributed by atoms with van der Waals surface area (Å²) >= 11 is 0. The molecule has 0 radical (unpaired) electrons. The van der Waals surface area contributed by atoms with Crippen molar-refractivity contribution >= 4 is 0 Å². The fourth-order valence-corrected chi connectivity index (χ4v) is 2.32. The third-order valence-electron chi connectivity index (χ3n) is 3.25. The molecule has 0 spiro atoms. The van der Waals surface area contributed by atoms with E-state index in [1.54, 1.807) is 6.07 Å². The standard InChI is InChI=1S/C12H13FN2/c1-15(2)12(8-14)7-6-9-10(12)4-3-5-11(9)13/h3-5H,6-7H2,1-2H3. The van der Waals surface area contributed by atoms with Crippen LogP contribution >= 0.6 is 0 Å². The summed E-state index contributed by atoms with van der Waals surface area (Å²) in [5.41, 5.74) is 0.889. The van der Waals surface area contributed by atoms with Gasteiger partial charge in [0.1, 0.15) is 11.4 Å². The summed E-state index contributed by atoms with van der Waals surface area (Å²) in [5.74, 6) is -0.188. The fraction of sp³-hybridized carbons (Fsp3) is 0.417. The molecule has 1 aliphatic carbocycles. The van der Waals surface area contributed by atoms with E-state index in [4.69, 9.17) is 0 Å². The van der Waals surface area contributed by atoms with Gasteiger partial charge in [0.15, 0.2) is 0 Å². The molecule has 1 aromatic rings. The molecular weight excluding hydrogens is 191 g/mol. The molecule has 0 heterocycles. The summed E-state index contributed by atoms with van der Waals surface area (Å²) in [6.07, 6.45) is 1.32. The van der Waals surface area contributed by atoms with Gasteiger partial charge in [-0.05, 0) is 44.1 Å². The number of fused-ring (bicyclic) bond motifs is 1. The number of halogens is 1. The lowest BCUT2D eigenvalue weighted by Gasteiger charge is -2.30. The van der Waals surface area contributed by atoms with Crippen LogP contribution in [-0.4, -0.2) is 19.0 Å². The highest BCUT2D eigenvalue weighted by atomic mass is 19.1. The summed E-state index contributed by atoms with van der Waals surface area (Å²) in [5, 5.41) is 9.31. The largest absolute Gasteiger partial charge is 0.288 e. The summed E-state index contributed by atoms with van der Waals surface area (Å²) < 4.78 is 13.5. The van der Waals surface area contributed by atoms with Crippen LogP contribution in [0, 0.1) is 17.1 Å². The van der Waals surface area contributed by atoms with Gasteiger partial charge in [-0.1, -0.05) is 12.1 Å². The topological polar surface area (TPSA) is 27.0 Å². The number of nitrogens with zero attached hydrogens (tertiary/aromatic N) is 2. The zero-order valence-electron chi connectivity index (χ0n) is 8.92. The van der Waals surface area contributed by atoms with Gasteiger partial charge in [-0.15, -0.1) is 0 Å². The maximum absolute atomic E-state index is 13.5. The summed E-state index contributed by atoms with van der Waals surface area (Å²) in [6, 6.07) is 7.31. The minimum absolute atomic E-state index is 0.188. The van der Waals surface area contributed by atoms with E-state index in [0.717, 1.165) is 5.56 Å². The highest BCUT2D eigenvalue weighted by molar-refractivity contribution is 5.44. The number of hydrogen-bond donors (Lipinski definition) is 0. The molecule has 0 bridgehead atoms. The highest BCUT2D eigenvalue weighted by Gasteiger charge is 2.42. The zero-order valence-corrected chi connectivity index (χ0v) is 8.92. The molecule has 0 saturated heterocycles. The molecule has 2 rings (SSSR count). The van der Waals surface area contributed by atoms with E-state index in [2.05, 4.69) is 6.07 Å². The molecule has 1 atom stereocenters. The van der Waals surface area contributed by atoms with Crippen molar-refractivity contribution in [3.63, 3.8) is 0 Å². The molecule has 0 aliphatic heterocycles. The quantitative estimate of drug-likeness (QED) is 0.700. The second-order valence-corrected chi connectivity index (χ2v) is 4.13. The lowest BCUT2D eigenvalue weighted by molar-refractivity contribution is 0.218. The fourth-order valence-electron chi connectivity index (χ4n) is 2.32. The van der Waals surface area contributed by atoms with Crippen molar-refractivity contribution in [3.05, 3.63) is 35.1 Å². The van der Waals surface area contributed by atoms with Gasteiger partial charge < -0.3 is 0 Å². The van der Waals surface area contributed by atoms with Crippen LogP contribution in [-0.2, 0) is 12.0 Å². The first-order valence-corrected chi connectivity index (χ1v) is 4.98. The highest BCUT2D eigenvalue weighted by Crippen LogP contribution is 2.40. The Morgan fingerprint density at radius 3 is 2.80 bits per heavy atom. The van der Waals surface area contributed by atoms with Crippen molar-refractivity contribution in [2.75, 3.05) is 14.1 Å². The molecule has 0 amide bonds. The third kappa shape index (κ3) is 1.25. The monoisotopic (exact) mass is 204 g/mol.